The number of hydrogen-bond acceptors (Lipinski definition) is 1. The first-order valence-corrected chi connectivity index (χ1v) is 4.66. The predicted octanol–water partition coefficient (Wildman–Crippen LogP) is 0.921. The number of aliphatic imine (C=N–C) groups is 2. The van der Waals surface area contributed by atoms with Crippen molar-refractivity contribution in [2.45, 2.75) is 13.3 Å². The van der Waals surface area contributed by atoms with E-state index in [-0.39, 0.29) is 5.96 Å². The van der Waals surface area contributed by atoms with Gasteiger partial charge in [0.15, 0.2) is 0 Å². The Hall–Kier alpha value is -1.84. The monoisotopic (exact) mass is 206 g/mol. The number of benzene rings is 1. The number of amidine groups is 1. The van der Waals surface area contributed by atoms with E-state index in [0.717, 1.165) is 5.56 Å². The Morgan fingerprint density at radius 3 is 3.00 bits per heavy atom. The second-order valence-electron chi connectivity index (χ2n) is 3.06. The van der Waals surface area contributed by atoms with Crippen LogP contribution in [0.15, 0.2) is 40.3 Å². The quantitative estimate of drug-likeness (QED) is 0.570. The average molecular weight is 206 g/mol. The van der Waals surface area contributed by atoms with Crippen molar-refractivity contribution in [3.8, 4) is 0 Å². The third kappa shape index (κ3) is 4.81. The number of nitrogens with two attached hydrogens (primary N) is 2. The molecule has 0 spiro atoms. The highest BCUT2D eigenvalue weighted by atomic mass is 15.1. The van der Waals surface area contributed by atoms with Gasteiger partial charge in [-0.25, -0.2) is 4.99 Å². The molecule has 0 atom stereocenters. The Bertz CT molecular complexity index is 451. The Balaban J connectivity index is 2.62. The molecule has 0 heterocycles. The summed E-state index contributed by atoms with van der Waals surface area (Å²) in [5.74, 6) is 0.499. The van der Waals surface area contributed by atoms with Gasteiger partial charge in [-0.1, -0.05) is 30.3 Å². The Morgan fingerprint density at radius 2 is 2.27 bits per heavy atom. The van der Waals surface area contributed by atoms with Crippen LogP contribution in [0, 0.1) is 0 Å². The molecule has 1 aromatic carbocycles. The van der Waals surface area contributed by atoms with Crippen LogP contribution in [0.1, 0.15) is 15.2 Å². The smallest absolute Gasteiger partial charge is 0.216 e. The van der Waals surface area contributed by atoms with Crippen molar-refractivity contribution in [1.29, 1.82) is 0 Å². The molecule has 0 aromatic heterocycles. The molecule has 0 fully saturated rings. The summed E-state index contributed by atoms with van der Waals surface area (Å²) in [6.45, 7) is 2.06. The molecular weight excluding hydrogens is 188 g/mol. The van der Waals surface area contributed by atoms with E-state index >= 15 is 0 Å². The summed E-state index contributed by atoms with van der Waals surface area (Å²) in [4.78, 5) is 7.80. The lowest BCUT2D eigenvalue weighted by molar-refractivity contribution is 0.962. The van der Waals surface area contributed by atoms with Gasteiger partial charge in [-0.2, -0.15) is 0 Å². The first-order valence-electron chi connectivity index (χ1n) is 5.66. The van der Waals surface area contributed by atoms with Gasteiger partial charge in [0.1, 0.15) is 0 Å². The fourth-order valence-corrected chi connectivity index (χ4v) is 1.04. The molecule has 4 nitrogen and oxygen atoms in total. The van der Waals surface area contributed by atoms with Crippen molar-refractivity contribution in [3.63, 3.8) is 0 Å². The second kappa shape index (κ2) is 5.80. The zero-order chi connectivity index (χ0) is 12.8. The first kappa shape index (κ1) is 8.47. The summed E-state index contributed by atoms with van der Waals surface area (Å²) in [5, 5.41) is 0. The second-order valence-corrected chi connectivity index (χ2v) is 3.06. The molecule has 1 aromatic rings. The minimum atomic E-state index is 0.138. The molecule has 0 radical (unpaired) electrons. The largest absolute Gasteiger partial charge is 0.387 e. The predicted molar refractivity (Wildman–Crippen MR) is 63.9 cm³/mol. The summed E-state index contributed by atoms with van der Waals surface area (Å²) in [6.07, 6.45) is 0.561. The number of nitrogens with zero attached hydrogens (tertiary/aromatic N) is 2. The van der Waals surface area contributed by atoms with Gasteiger partial charge < -0.3 is 11.5 Å². The SMILES string of the molecule is [2H]c1ccc([2H])c(CCN=C(N)N=C(C)N)c1. The van der Waals surface area contributed by atoms with E-state index in [1.165, 1.54) is 0 Å². The number of rotatable bonds is 3. The molecule has 15 heavy (non-hydrogen) atoms. The van der Waals surface area contributed by atoms with Gasteiger partial charge in [0, 0.05) is 6.54 Å². The molecule has 4 N–H and O–H groups in total. The van der Waals surface area contributed by atoms with Crippen LogP contribution in [0.25, 0.3) is 0 Å². The molecule has 0 aliphatic rings. The third-order valence-electron chi connectivity index (χ3n) is 1.65. The van der Waals surface area contributed by atoms with Crippen LogP contribution in [0.2, 0.25) is 0 Å². The summed E-state index contributed by atoms with van der Waals surface area (Å²) < 4.78 is 15.1. The van der Waals surface area contributed by atoms with Crippen LogP contribution >= 0.6 is 0 Å². The lowest BCUT2D eigenvalue weighted by atomic mass is 10.2. The standard InChI is InChI=1S/C11H16N4/c1-9(12)15-11(13)14-8-7-10-5-3-2-4-6-10/h2-6H,7-8H2,1H3,(H4,12,13,14,15)/i3D,6D. The van der Waals surface area contributed by atoms with Gasteiger partial charge in [-0.05, 0) is 18.9 Å². The van der Waals surface area contributed by atoms with Crippen LogP contribution in [0.4, 0.5) is 0 Å². The normalized spacial score (nSPS) is 14.7. The summed E-state index contributed by atoms with van der Waals surface area (Å²) in [6, 6.07) is 5.65. The topological polar surface area (TPSA) is 76.8 Å². The zero-order valence-corrected chi connectivity index (χ0v) is 8.70. The maximum Gasteiger partial charge on any atom is 0.216 e. The molecule has 0 saturated heterocycles. The number of hydrogen-bond donors (Lipinski definition) is 2. The zero-order valence-electron chi connectivity index (χ0n) is 10.7. The molecule has 0 saturated carbocycles. The molecule has 1 rings (SSSR count). The third-order valence-corrected chi connectivity index (χ3v) is 1.65. The fraction of sp³-hybridized carbons (Fsp3) is 0.273. The highest BCUT2D eigenvalue weighted by Gasteiger charge is 1.91. The summed E-state index contributed by atoms with van der Waals surface area (Å²) in [5.41, 5.74) is 11.6. The minimum absolute atomic E-state index is 0.138. The van der Waals surface area contributed by atoms with Crippen molar-refractivity contribution in [1.82, 2.24) is 0 Å². The minimum Gasteiger partial charge on any atom is -0.387 e. The average Bonchev–Trinajstić information content (AvgIpc) is 2.22. The molecule has 80 valence electrons. The van der Waals surface area contributed by atoms with E-state index < -0.39 is 0 Å². The van der Waals surface area contributed by atoms with Crippen molar-refractivity contribution >= 4 is 11.8 Å². The van der Waals surface area contributed by atoms with E-state index in [2.05, 4.69) is 9.98 Å². The van der Waals surface area contributed by atoms with Gasteiger partial charge in [0.25, 0.3) is 0 Å². The van der Waals surface area contributed by atoms with Crippen molar-refractivity contribution < 1.29 is 2.74 Å². The van der Waals surface area contributed by atoms with Crippen molar-refractivity contribution in [3.05, 3.63) is 35.8 Å². The van der Waals surface area contributed by atoms with Crippen LogP contribution in [-0.4, -0.2) is 18.3 Å². The first-order chi connectivity index (χ1) is 7.99. The lowest BCUT2D eigenvalue weighted by Gasteiger charge is -1.97. The molecule has 0 aliphatic heterocycles. The Kier molecular flexibility index (Phi) is 3.27. The molecule has 4 heteroatoms. The fourth-order valence-electron chi connectivity index (χ4n) is 1.04. The van der Waals surface area contributed by atoms with Gasteiger partial charge in [0.2, 0.25) is 5.96 Å². The highest BCUT2D eigenvalue weighted by Crippen LogP contribution is 1.99. The van der Waals surface area contributed by atoms with E-state index in [1.54, 1.807) is 25.1 Å². The molecule has 0 unspecified atom stereocenters. The van der Waals surface area contributed by atoms with Gasteiger partial charge in [0.05, 0.1) is 8.58 Å². The van der Waals surface area contributed by atoms with Crippen LogP contribution < -0.4 is 11.5 Å². The van der Waals surface area contributed by atoms with Gasteiger partial charge in [-0.3, -0.25) is 4.99 Å². The summed E-state index contributed by atoms with van der Waals surface area (Å²) >= 11 is 0. The lowest BCUT2D eigenvalue weighted by Crippen LogP contribution is -2.16. The van der Waals surface area contributed by atoms with Gasteiger partial charge in [-0.15, -0.1) is 0 Å². The number of guanidine groups is 1. The van der Waals surface area contributed by atoms with Crippen LogP contribution in [-0.2, 0) is 6.42 Å². The van der Waals surface area contributed by atoms with E-state index in [4.69, 9.17) is 14.2 Å². The summed E-state index contributed by atoms with van der Waals surface area (Å²) in [7, 11) is 0. The van der Waals surface area contributed by atoms with E-state index in [0.29, 0.717) is 30.9 Å². The Morgan fingerprint density at radius 1 is 1.47 bits per heavy atom. The maximum absolute atomic E-state index is 7.66. The van der Waals surface area contributed by atoms with Gasteiger partial charge >= 0.3 is 0 Å². The molecule has 0 bridgehead atoms. The highest BCUT2D eigenvalue weighted by molar-refractivity contribution is 5.93. The maximum atomic E-state index is 7.66. The van der Waals surface area contributed by atoms with Crippen molar-refractivity contribution in [2.24, 2.45) is 21.5 Å². The van der Waals surface area contributed by atoms with Crippen LogP contribution in [0.3, 0.4) is 0 Å². The van der Waals surface area contributed by atoms with Crippen molar-refractivity contribution in [2.75, 3.05) is 6.54 Å². The van der Waals surface area contributed by atoms with Crippen LogP contribution in [0.5, 0.6) is 0 Å². The van der Waals surface area contributed by atoms with E-state index in [9.17, 15) is 0 Å². The Labute approximate surface area is 92.5 Å². The van der Waals surface area contributed by atoms with E-state index in [1.807, 2.05) is 0 Å². The molecular formula is C11H16N4. The molecule has 0 amide bonds. The molecule has 0 aliphatic carbocycles.